The van der Waals surface area contributed by atoms with Crippen LogP contribution in [0.2, 0.25) is 0 Å². The Morgan fingerprint density at radius 2 is 0.478 bits per heavy atom. The first-order valence-corrected chi connectivity index (χ1v) is 28.0. The molecule has 1 rings (SSSR count). The number of hydrogen-bond donors (Lipinski definition) is 0. The molecule has 0 saturated carbocycles. The molecular weight excluding hydrogens is 871 g/mol. The summed E-state index contributed by atoms with van der Waals surface area (Å²) in [6.45, 7) is 9.87. The summed E-state index contributed by atoms with van der Waals surface area (Å²) in [5, 5.41) is 0. The van der Waals surface area contributed by atoms with E-state index in [1.54, 1.807) is 0 Å². The van der Waals surface area contributed by atoms with Crippen molar-refractivity contribution in [1.82, 2.24) is 13.7 Å². The molecule has 1 heterocycles. The summed E-state index contributed by atoms with van der Waals surface area (Å²) in [6, 6.07) is 0. The Kier molecular flexibility index (Phi) is 42.4. The average Bonchev–Trinajstić information content (AvgIpc) is 3.34. The van der Waals surface area contributed by atoms with E-state index in [1.165, 1.54) is 135 Å². The van der Waals surface area contributed by atoms with Crippen LogP contribution in [0.15, 0.2) is 52.3 Å². The maximum Gasteiger partial charge on any atom is 0.336 e. The van der Waals surface area contributed by atoms with Gasteiger partial charge in [-0.05, 0) is 57.8 Å². The number of carbonyl (C=O) groups excluding carboxylic acids is 3. The van der Waals surface area contributed by atoms with Crippen LogP contribution in [0.5, 0.6) is 0 Å². The second-order valence-electron chi connectivity index (χ2n) is 19.1. The van der Waals surface area contributed by atoms with Gasteiger partial charge in [0, 0.05) is 19.3 Å². The van der Waals surface area contributed by atoms with E-state index in [0.717, 1.165) is 90.8 Å². The standard InChI is InChI=1S/C57H99N3O9/c1-4-7-10-13-16-19-22-25-28-31-34-37-40-43-52(61)67-49-46-58-55(64)59(47-50-68-53(62)44-41-38-35-32-29-26-23-20-17-14-11-8-5-2)57(66)60(56(58)65)48-51-69-54(63)45-42-39-36-33-30-27-24-21-18-15-12-9-6-3/h4-6H,1-3,7-51H2. The first-order valence-electron chi connectivity index (χ1n) is 28.0. The predicted octanol–water partition coefficient (Wildman–Crippen LogP) is 13.6. The van der Waals surface area contributed by atoms with Crippen LogP contribution >= 0.6 is 0 Å². The molecule has 12 heteroatoms. The van der Waals surface area contributed by atoms with Gasteiger partial charge in [-0.25, -0.2) is 28.1 Å². The third-order valence-corrected chi connectivity index (χ3v) is 13.0. The molecule has 0 aliphatic heterocycles. The number of carbonyl (C=O) groups is 3. The van der Waals surface area contributed by atoms with Gasteiger partial charge in [0.25, 0.3) is 0 Å². The van der Waals surface area contributed by atoms with Crippen molar-refractivity contribution in [3.8, 4) is 0 Å². The lowest BCUT2D eigenvalue weighted by Crippen LogP contribution is -2.55. The Balaban J connectivity index is 2.62. The average molecular weight is 970 g/mol. The van der Waals surface area contributed by atoms with Crippen molar-refractivity contribution in [2.24, 2.45) is 0 Å². The van der Waals surface area contributed by atoms with Crippen molar-refractivity contribution in [1.29, 1.82) is 0 Å². The normalized spacial score (nSPS) is 11.1. The Hall–Kier alpha value is -3.96. The van der Waals surface area contributed by atoms with E-state index in [0.29, 0.717) is 19.3 Å². The lowest BCUT2D eigenvalue weighted by atomic mass is 10.0. The molecule has 0 N–H and O–H groups in total. The molecule has 0 aliphatic carbocycles. The Labute approximate surface area is 418 Å². The van der Waals surface area contributed by atoms with Crippen LogP contribution in [0.1, 0.15) is 250 Å². The Morgan fingerprint density at radius 3 is 0.667 bits per heavy atom. The summed E-state index contributed by atoms with van der Waals surface area (Å²) in [7, 11) is 0. The van der Waals surface area contributed by atoms with Crippen LogP contribution in [0.4, 0.5) is 0 Å². The predicted molar refractivity (Wildman–Crippen MR) is 283 cm³/mol. The van der Waals surface area contributed by atoms with Gasteiger partial charge < -0.3 is 14.2 Å². The van der Waals surface area contributed by atoms with Gasteiger partial charge in [0.1, 0.15) is 19.8 Å². The number of unbranched alkanes of at least 4 members (excludes halogenated alkanes) is 33. The topological polar surface area (TPSA) is 145 Å². The first-order chi connectivity index (χ1) is 33.8. The Morgan fingerprint density at radius 1 is 0.304 bits per heavy atom. The molecule has 0 spiro atoms. The largest absolute Gasteiger partial charge is 0.464 e. The Bertz CT molecular complexity index is 1440. The van der Waals surface area contributed by atoms with Gasteiger partial charge in [-0.15, -0.1) is 19.7 Å². The van der Waals surface area contributed by atoms with E-state index in [4.69, 9.17) is 14.2 Å². The highest BCUT2D eigenvalue weighted by Gasteiger charge is 2.17. The van der Waals surface area contributed by atoms with Crippen LogP contribution in [-0.2, 0) is 48.2 Å². The van der Waals surface area contributed by atoms with E-state index in [1.807, 2.05) is 18.2 Å². The van der Waals surface area contributed by atoms with Crippen molar-refractivity contribution in [2.75, 3.05) is 19.8 Å². The zero-order chi connectivity index (χ0) is 50.3. The first kappa shape index (κ1) is 63.1. The molecule has 69 heavy (non-hydrogen) atoms. The number of aromatic nitrogens is 3. The SMILES string of the molecule is C=CCCCCCCCCCCCCCC(=O)OCCn1c(=O)n(CCOC(=O)CCCCCCCCCCCCCC=C)c(=O)n(CCOC(=O)CCCCCCCCCCCCCC=C)c1=O. The summed E-state index contributed by atoms with van der Waals surface area (Å²) in [6.07, 6.45) is 47.8. The molecule has 0 amide bonds. The number of esters is 3. The monoisotopic (exact) mass is 970 g/mol. The van der Waals surface area contributed by atoms with Crippen molar-refractivity contribution in [3.05, 3.63) is 69.4 Å². The quantitative estimate of drug-likeness (QED) is 0.0269. The summed E-state index contributed by atoms with van der Waals surface area (Å²) in [5.41, 5.74) is -2.65. The van der Waals surface area contributed by atoms with Crippen molar-refractivity contribution in [3.63, 3.8) is 0 Å². The fourth-order valence-corrected chi connectivity index (χ4v) is 8.67. The van der Waals surface area contributed by atoms with Crippen molar-refractivity contribution >= 4 is 17.9 Å². The molecular formula is C57H99N3O9. The number of ether oxygens (including phenoxy) is 3. The third-order valence-electron chi connectivity index (χ3n) is 13.0. The van der Waals surface area contributed by atoms with Gasteiger partial charge in [-0.1, -0.05) is 192 Å². The van der Waals surface area contributed by atoms with E-state index in [2.05, 4.69) is 19.7 Å². The van der Waals surface area contributed by atoms with Crippen molar-refractivity contribution in [2.45, 2.75) is 270 Å². The van der Waals surface area contributed by atoms with Gasteiger partial charge in [-0.2, -0.15) is 0 Å². The number of nitrogens with zero attached hydrogens (tertiary/aromatic N) is 3. The van der Waals surface area contributed by atoms with E-state index < -0.39 is 35.0 Å². The molecule has 0 fully saturated rings. The minimum Gasteiger partial charge on any atom is -0.464 e. The van der Waals surface area contributed by atoms with Gasteiger partial charge in [0.05, 0.1) is 19.6 Å². The zero-order valence-corrected chi connectivity index (χ0v) is 43.7. The van der Waals surface area contributed by atoms with Gasteiger partial charge in [-0.3, -0.25) is 14.4 Å². The summed E-state index contributed by atoms with van der Waals surface area (Å²) in [4.78, 5) is 78.4. The molecule has 0 unspecified atom stereocenters. The fourth-order valence-electron chi connectivity index (χ4n) is 8.67. The van der Waals surface area contributed by atoms with Crippen LogP contribution in [-0.4, -0.2) is 51.4 Å². The molecule has 0 aliphatic rings. The third kappa shape index (κ3) is 35.7. The summed E-state index contributed by atoms with van der Waals surface area (Å²) < 4.78 is 18.8. The highest BCUT2D eigenvalue weighted by molar-refractivity contribution is 5.69. The number of hydrogen-bond acceptors (Lipinski definition) is 9. The molecule has 396 valence electrons. The minimum absolute atomic E-state index is 0.226. The highest BCUT2D eigenvalue weighted by Crippen LogP contribution is 2.16. The van der Waals surface area contributed by atoms with E-state index in [9.17, 15) is 28.8 Å². The van der Waals surface area contributed by atoms with E-state index >= 15 is 0 Å². The molecule has 1 aromatic heterocycles. The zero-order valence-electron chi connectivity index (χ0n) is 43.7. The van der Waals surface area contributed by atoms with Crippen LogP contribution in [0.3, 0.4) is 0 Å². The lowest BCUT2D eigenvalue weighted by Gasteiger charge is -2.14. The maximum atomic E-state index is 13.6. The van der Waals surface area contributed by atoms with E-state index in [-0.39, 0.29) is 58.7 Å². The molecule has 12 nitrogen and oxygen atoms in total. The molecule has 0 saturated heterocycles. The number of rotatable bonds is 51. The summed E-state index contributed by atoms with van der Waals surface area (Å²) >= 11 is 0. The van der Waals surface area contributed by atoms with Gasteiger partial charge in [0.2, 0.25) is 0 Å². The smallest absolute Gasteiger partial charge is 0.336 e. The van der Waals surface area contributed by atoms with Gasteiger partial charge >= 0.3 is 35.0 Å². The molecule has 1 aromatic rings. The van der Waals surface area contributed by atoms with Crippen LogP contribution in [0, 0.1) is 0 Å². The van der Waals surface area contributed by atoms with Crippen molar-refractivity contribution < 1.29 is 28.6 Å². The number of allylic oxidation sites excluding steroid dienone is 3. The second-order valence-corrected chi connectivity index (χ2v) is 19.1. The van der Waals surface area contributed by atoms with Gasteiger partial charge in [0.15, 0.2) is 0 Å². The second kappa shape index (κ2) is 46.4. The van der Waals surface area contributed by atoms with Crippen LogP contribution in [0.25, 0.3) is 0 Å². The fraction of sp³-hybridized carbons (Fsp3) is 0.789. The minimum atomic E-state index is -0.884. The molecule has 0 radical (unpaired) electrons. The maximum absolute atomic E-state index is 13.6. The lowest BCUT2D eigenvalue weighted by molar-refractivity contribution is -0.144. The summed E-state index contributed by atoms with van der Waals surface area (Å²) in [5.74, 6) is -1.22. The molecule has 0 bridgehead atoms. The molecule has 0 aromatic carbocycles. The highest BCUT2D eigenvalue weighted by atomic mass is 16.5. The van der Waals surface area contributed by atoms with Crippen LogP contribution < -0.4 is 17.1 Å². The molecule has 0 atom stereocenters.